The van der Waals surface area contributed by atoms with E-state index in [9.17, 15) is 4.79 Å². The van der Waals surface area contributed by atoms with Gasteiger partial charge in [-0.25, -0.2) is 4.98 Å². The molecule has 0 aliphatic carbocycles. The molecule has 0 fully saturated rings. The Labute approximate surface area is 105 Å². The largest absolute Gasteiger partial charge is 0.387 e. The predicted molar refractivity (Wildman–Crippen MR) is 68.2 cm³/mol. The molecule has 0 spiro atoms. The second-order valence-electron chi connectivity index (χ2n) is 3.81. The fourth-order valence-corrected chi connectivity index (χ4v) is 1.61. The number of aryl methyl sites for hydroxylation is 1. The molecule has 0 atom stereocenters. The SMILES string of the molecule is CNc1ccncc1C(=O)NCc1nccn1C. The van der Waals surface area contributed by atoms with Gasteiger partial charge in [0.15, 0.2) is 0 Å². The normalized spacial score (nSPS) is 10.1. The van der Waals surface area contributed by atoms with Gasteiger partial charge in [-0.3, -0.25) is 9.78 Å². The molecule has 0 aliphatic rings. The number of rotatable bonds is 4. The average molecular weight is 245 g/mol. The molecule has 2 rings (SSSR count). The number of nitrogens with zero attached hydrogens (tertiary/aromatic N) is 3. The van der Waals surface area contributed by atoms with Gasteiger partial charge in [-0.05, 0) is 6.07 Å². The molecule has 1 amide bonds. The summed E-state index contributed by atoms with van der Waals surface area (Å²) in [5.74, 6) is 0.633. The zero-order chi connectivity index (χ0) is 13.0. The Kier molecular flexibility index (Phi) is 3.57. The van der Waals surface area contributed by atoms with Crippen LogP contribution in [0.2, 0.25) is 0 Å². The predicted octanol–water partition coefficient (Wildman–Crippen LogP) is 0.787. The number of aromatic nitrogens is 3. The molecule has 94 valence electrons. The van der Waals surface area contributed by atoms with E-state index in [1.165, 1.54) is 0 Å². The van der Waals surface area contributed by atoms with Crippen molar-refractivity contribution in [3.63, 3.8) is 0 Å². The number of amides is 1. The van der Waals surface area contributed by atoms with Gasteiger partial charge < -0.3 is 15.2 Å². The molecule has 0 unspecified atom stereocenters. The quantitative estimate of drug-likeness (QED) is 0.835. The van der Waals surface area contributed by atoms with Crippen molar-refractivity contribution in [3.05, 3.63) is 42.2 Å². The summed E-state index contributed by atoms with van der Waals surface area (Å²) in [6, 6.07) is 1.76. The number of carbonyl (C=O) groups excluding carboxylic acids is 1. The first kappa shape index (κ1) is 12.1. The van der Waals surface area contributed by atoms with E-state index >= 15 is 0 Å². The van der Waals surface area contributed by atoms with Crippen LogP contribution in [0.15, 0.2) is 30.9 Å². The van der Waals surface area contributed by atoms with Crippen LogP contribution in [0.4, 0.5) is 5.69 Å². The molecule has 18 heavy (non-hydrogen) atoms. The van der Waals surface area contributed by atoms with Crippen LogP contribution in [-0.2, 0) is 13.6 Å². The highest BCUT2D eigenvalue weighted by Crippen LogP contribution is 2.12. The molecule has 0 radical (unpaired) electrons. The minimum Gasteiger partial charge on any atom is -0.387 e. The van der Waals surface area contributed by atoms with Crippen LogP contribution < -0.4 is 10.6 Å². The molecule has 2 N–H and O–H groups in total. The molecular weight excluding hydrogens is 230 g/mol. The third-order valence-electron chi connectivity index (χ3n) is 2.66. The minimum atomic E-state index is -0.171. The topological polar surface area (TPSA) is 71.8 Å². The summed E-state index contributed by atoms with van der Waals surface area (Å²) in [5.41, 5.74) is 1.27. The number of anilines is 1. The first-order chi connectivity index (χ1) is 8.72. The lowest BCUT2D eigenvalue weighted by molar-refractivity contribution is 0.0950. The Balaban J connectivity index is 2.06. The summed E-state index contributed by atoms with van der Waals surface area (Å²) in [4.78, 5) is 20.1. The van der Waals surface area contributed by atoms with Crippen molar-refractivity contribution >= 4 is 11.6 Å². The standard InChI is InChI=1S/C12H15N5O/c1-13-10-3-4-14-7-9(10)12(18)16-8-11-15-5-6-17(11)2/h3-7H,8H2,1-2H3,(H,13,14)(H,16,18). The maximum absolute atomic E-state index is 12.0. The molecule has 2 aromatic rings. The van der Waals surface area contributed by atoms with Gasteiger partial charge in [-0.15, -0.1) is 0 Å². The van der Waals surface area contributed by atoms with E-state index in [2.05, 4.69) is 20.6 Å². The summed E-state index contributed by atoms with van der Waals surface area (Å²) in [6.45, 7) is 0.389. The molecule has 0 bridgehead atoms. The molecule has 0 aromatic carbocycles. The van der Waals surface area contributed by atoms with Crippen molar-refractivity contribution in [2.75, 3.05) is 12.4 Å². The van der Waals surface area contributed by atoms with Gasteiger partial charge in [0.2, 0.25) is 0 Å². The highest BCUT2D eigenvalue weighted by atomic mass is 16.1. The molecule has 6 heteroatoms. The van der Waals surface area contributed by atoms with Crippen molar-refractivity contribution in [1.82, 2.24) is 19.9 Å². The molecule has 0 aliphatic heterocycles. The third kappa shape index (κ3) is 2.48. The fraction of sp³-hybridized carbons (Fsp3) is 0.250. The highest BCUT2D eigenvalue weighted by Gasteiger charge is 2.11. The molecular formula is C12H15N5O. The van der Waals surface area contributed by atoms with Crippen molar-refractivity contribution in [3.8, 4) is 0 Å². The minimum absolute atomic E-state index is 0.171. The third-order valence-corrected chi connectivity index (χ3v) is 2.66. The Morgan fingerprint density at radius 3 is 2.94 bits per heavy atom. The van der Waals surface area contributed by atoms with Crippen LogP contribution >= 0.6 is 0 Å². The number of carbonyl (C=O) groups is 1. The van der Waals surface area contributed by atoms with E-state index in [1.807, 2.05) is 17.8 Å². The van der Waals surface area contributed by atoms with Crippen LogP contribution in [-0.4, -0.2) is 27.5 Å². The summed E-state index contributed by atoms with van der Waals surface area (Å²) in [7, 11) is 3.66. The molecule has 6 nitrogen and oxygen atoms in total. The Morgan fingerprint density at radius 1 is 1.44 bits per heavy atom. The van der Waals surface area contributed by atoms with E-state index in [4.69, 9.17) is 0 Å². The van der Waals surface area contributed by atoms with Gasteiger partial charge >= 0.3 is 0 Å². The Morgan fingerprint density at radius 2 is 2.28 bits per heavy atom. The first-order valence-corrected chi connectivity index (χ1v) is 5.58. The summed E-state index contributed by atoms with van der Waals surface area (Å²) < 4.78 is 1.86. The Bertz CT molecular complexity index is 549. The molecule has 0 saturated carbocycles. The van der Waals surface area contributed by atoms with E-state index in [-0.39, 0.29) is 5.91 Å². The second-order valence-corrected chi connectivity index (χ2v) is 3.81. The van der Waals surface area contributed by atoms with E-state index < -0.39 is 0 Å². The summed E-state index contributed by atoms with van der Waals surface area (Å²) in [5, 5.41) is 5.77. The maximum Gasteiger partial charge on any atom is 0.255 e. The van der Waals surface area contributed by atoms with Gasteiger partial charge in [-0.1, -0.05) is 0 Å². The van der Waals surface area contributed by atoms with E-state index in [1.54, 1.807) is 31.7 Å². The van der Waals surface area contributed by atoms with Gasteiger partial charge in [0, 0.05) is 44.6 Å². The average Bonchev–Trinajstić information content (AvgIpc) is 2.81. The highest BCUT2D eigenvalue weighted by molar-refractivity contribution is 5.99. The number of hydrogen-bond acceptors (Lipinski definition) is 4. The lowest BCUT2D eigenvalue weighted by atomic mass is 10.2. The van der Waals surface area contributed by atoms with Gasteiger partial charge in [0.1, 0.15) is 5.82 Å². The number of hydrogen-bond donors (Lipinski definition) is 2. The number of pyridine rings is 1. The van der Waals surface area contributed by atoms with Crippen molar-refractivity contribution in [2.45, 2.75) is 6.54 Å². The van der Waals surface area contributed by atoms with Crippen LogP contribution in [0.5, 0.6) is 0 Å². The van der Waals surface area contributed by atoms with Crippen LogP contribution in [0, 0.1) is 0 Å². The monoisotopic (exact) mass is 245 g/mol. The van der Waals surface area contributed by atoms with E-state index in [0.29, 0.717) is 12.1 Å². The first-order valence-electron chi connectivity index (χ1n) is 5.58. The number of imidazole rings is 1. The van der Waals surface area contributed by atoms with Gasteiger partial charge in [0.25, 0.3) is 5.91 Å². The fourth-order valence-electron chi connectivity index (χ4n) is 1.61. The zero-order valence-electron chi connectivity index (χ0n) is 10.3. The Hall–Kier alpha value is -2.37. The van der Waals surface area contributed by atoms with Gasteiger partial charge in [-0.2, -0.15) is 0 Å². The smallest absolute Gasteiger partial charge is 0.255 e. The summed E-state index contributed by atoms with van der Waals surface area (Å²) in [6.07, 6.45) is 6.72. The molecule has 2 aromatic heterocycles. The lowest BCUT2D eigenvalue weighted by Crippen LogP contribution is -2.25. The molecule has 2 heterocycles. The number of nitrogens with one attached hydrogen (secondary N) is 2. The zero-order valence-corrected chi connectivity index (χ0v) is 10.3. The van der Waals surface area contributed by atoms with Crippen molar-refractivity contribution in [2.24, 2.45) is 7.05 Å². The maximum atomic E-state index is 12.0. The lowest BCUT2D eigenvalue weighted by Gasteiger charge is -2.09. The molecule has 0 saturated heterocycles. The van der Waals surface area contributed by atoms with Crippen LogP contribution in [0.1, 0.15) is 16.2 Å². The second kappa shape index (κ2) is 5.31. The van der Waals surface area contributed by atoms with Crippen LogP contribution in [0.25, 0.3) is 0 Å². The van der Waals surface area contributed by atoms with E-state index in [0.717, 1.165) is 11.5 Å². The van der Waals surface area contributed by atoms with Gasteiger partial charge in [0.05, 0.1) is 12.1 Å². The van der Waals surface area contributed by atoms with Crippen LogP contribution in [0.3, 0.4) is 0 Å². The van der Waals surface area contributed by atoms with Crippen molar-refractivity contribution in [1.29, 1.82) is 0 Å². The van der Waals surface area contributed by atoms with Crippen molar-refractivity contribution < 1.29 is 4.79 Å². The summed E-state index contributed by atoms with van der Waals surface area (Å²) >= 11 is 0.